The van der Waals surface area contributed by atoms with Gasteiger partial charge in [0.05, 0.1) is 24.2 Å². The molecule has 0 radical (unpaired) electrons. The van der Waals surface area contributed by atoms with E-state index >= 15 is 0 Å². The van der Waals surface area contributed by atoms with Crippen molar-refractivity contribution >= 4 is 0 Å². The topological polar surface area (TPSA) is 52.0 Å². The van der Waals surface area contributed by atoms with E-state index in [2.05, 4.69) is 29.5 Å². The average Bonchev–Trinajstić information content (AvgIpc) is 2.88. The Morgan fingerprint density at radius 3 is 2.85 bits per heavy atom. The van der Waals surface area contributed by atoms with Gasteiger partial charge in [0.2, 0.25) is 0 Å². The maximum atomic E-state index is 13.8. The molecule has 108 valence electrons. The predicted molar refractivity (Wildman–Crippen MR) is 74.5 cm³/mol. The Labute approximate surface area is 117 Å². The van der Waals surface area contributed by atoms with Crippen molar-refractivity contribution in [2.24, 2.45) is 0 Å². The number of nitrogens with one attached hydrogen (secondary N) is 1. The fourth-order valence-corrected chi connectivity index (χ4v) is 1.72. The first-order chi connectivity index (χ1) is 9.60. The normalized spacial score (nSPS) is 11.1. The van der Waals surface area contributed by atoms with Gasteiger partial charge in [-0.2, -0.15) is 0 Å². The first-order valence-electron chi connectivity index (χ1n) is 6.67. The molecule has 0 aliphatic heterocycles. The third-order valence-electron chi connectivity index (χ3n) is 2.71. The lowest BCUT2D eigenvalue weighted by Crippen LogP contribution is -2.21. The second-order valence-corrected chi connectivity index (χ2v) is 4.74. The molecule has 5 nitrogen and oxygen atoms in total. The van der Waals surface area contributed by atoms with Crippen LogP contribution in [0.1, 0.15) is 26.5 Å². The summed E-state index contributed by atoms with van der Waals surface area (Å²) in [4.78, 5) is 0. The van der Waals surface area contributed by atoms with Gasteiger partial charge in [0.1, 0.15) is 0 Å². The van der Waals surface area contributed by atoms with Gasteiger partial charge in [-0.05, 0) is 19.1 Å². The summed E-state index contributed by atoms with van der Waals surface area (Å²) in [5, 5.41) is 11.3. The molecule has 2 rings (SSSR count). The molecular formula is C14H19FN4O. The molecule has 1 N–H and O–H groups in total. The van der Waals surface area contributed by atoms with Crippen LogP contribution in [-0.4, -0.2) is 27.6 Å². The van der Waals surface area contributed by atoms with Gasteiger partial charge in [-0.1, -0.05) is 19.1 Å². The summed E-state index contributed by atoms with van der Waals surface area (Å²) in [6.45, 7) is 7.01. The second kappa shape index (κ2) is 6.47. The molecule has 0 saturated heterocycles. The molecule has 20 heavy (non-hydrogen) atoms. The van der Waals surface area contributed by atoms with Gasteiger partial charge in [0.25, 0.3) is 0 Å². The zero-order valence-corrected chi connectivity index (χ0v) is 11.9. The SMILES string of the molecule is CCOc1ccc(-n2cc(CNC(C)C)nn2)cc1F. The van der Waals surface area contributed by atoms with E-state index in [1.165, 1.54) is 6.07 Å². The van der Waals surface area contributed by atoms with Gasteiger partial charge in [-0.15, -0.1) is 5.10 Å². The Morgan fingerprint density at radius 1 is 1.40 bits per heavy atom. The Bertz CT molecular complexity index is 568. The van der Waals surface area contributed by atoms with Crippen LogP contribution in [0.3, 0.4) is 0 Å². The van der Waals surface area contributed by atoms with E-state index in [9.17, 15) is 4.39 Å². The van der Waals surface area contributed by atoms with Crippen LogP contribution in [0.25, 0.3) is 5.69 Å². The standard InChI is InChI=1S/C14H19FN4O/c1-4-20-14-6-5-12(7-13(14)15)19-9-11(17-18-19)8-16-10(2)3/h5-7,9-10,16H,4,8H2,1-3H3. The maximum Gasteiger partial charge on any atom is 0.167 e. The van der Waals surface area contributed by atoms with Crippen molar-refractivity contribution in [3.05, 3.63) is 35.9 Å². The van der Waals surface area contributed by atoms with Crippen molar-refractivity contribution in [3.8, 4) is 11.4 Å². The number of hydrogen-bond donors (Lipinski definition) is 1. The van der Waals surface area contributed by atoms with Crippen molar-refractivity contribution in [2.45, 2.75) is 33.4 Å². The molecule has 0 amide bonds. The van der Waals surface area contributed by atoms with Crippen LogP contribution in [0.15, 0.2) is 24.4 Å². The third kappa shape index (κ3) is 3.54. The van der Waals surface area contributed by atoms with E-state index in [0.717, 1.165) is 5.69 Å². The lowest BCUT2D eigenvalue weighted by Gasteiger charge is -2.06. The molecule has 1 heterocycles. The predicted octanol–water partition coefficient (Wildman–Crippen LogP) is 2.30. The molecule has 0 spiro atoms. The van der Waals surface area contributed by atoms with Gasteiger partial charge in [0, 0.05) is 18.7 Å². The van der Waals surface area contributed by atoms with Crippen LogP contribution in [0.4, 0.5) is 4.39 Å². The molecule has 0 atom stereocenters. The number of rotatable bonds is 6. The number of halogens is 1. The molecule has 1 aromatic carbocycles. The monoisotopic (exact) mass is 278 g/mol. The highest BCUT2D eigenvalue weighted by Gasteiger charge is 2.08. The first-order valence-corrected chi connectivity index (χ1v) is 6.67. The van der Waals surface area contributed by atoms with E-state index in [-0.39, 0.29) is 5.75 Å². The average molecular weight is 278 g/mol. The van der Waals surface area contributed by atoms with Gasteiger partial charge < -0.3 is 10.1 Å². The highest BCUT2D eigenvalue weighted by atomic mass is 19.1. The quantitative estimate of drug-likeness (QED) is 0.881. The van der Waals surface area contributed by atoms with Crippen LogP contribution in [0, 0.1) is 5.82 Å². The number of aromatic nitrogens is 3. The Hall–Kier alpha value is -1.95. The lowest BCUT2D eigenvalue weighted by atomic mass is 10.3. The molecule has 0 unspecified atom stereocenters. The molecule has 2 aromatic rings. The van der Waals surface area contributed by atoms with Crippen LogP contribution in [0.5, 0.6) is 5.75 Å². The fourth-order valence-electron chi connectivity index (χ4n) is 1.72. The van der Waals surface area contributed by atoms with Crippen molar-refractivity contribution in [1.29, 1.82) is 0 Å². The molecule has 1 aromatic heterocycles. The van der Waals surface area contributed by atoms with Gasteiger partial charge >= 0.3 is 0 Å². The minimum atomic E-state index is -0.401. The zero-order valence-electron chi connectivity index (χ0n) is 11.9. The highest BCUT2D eigenvalue weighted by molar-refractivity contribution is 5.38. The molecule has 0 saturated carbocycles. The van der Waals surface area contributed by atoms with Crippen LogP contribution < -0.4 is 10.1 Å². The summed E-state index contributed by atoms with van der Waals surface area (Å²) in [5.74, 6) is -0.153. The second-order valence-electron chi connectivity index (χ2n) is 4.74. The van der Waals surface area contributed by atoms with Crippen molar-refractivity contribution in [2.75, 3.05) is 6.61 Å². The van der Waals surface area contributed by atoms with Crippen molar-refractivity contribution in [1.82, 2.24) is 20.3 Å². The summed E-state index contributed by atoms with van der Waals surface area (Å²) in [7, 11) is 0. The largest absolute Gasteiger partial charge is 0.491 e. The Morgan fingerprint density at radius 2 is 2.20 bits per heavy atom. The summed E-state index contributed by atoms with van der Waals surface area (Å²) in [6, 6.07) is 5.12. The van der Waals surface area contributed by atoms with Crippen molar-refractivity contribution < 1.29 is 9.13 Å². The van der Waals surface area contributed by atoms with Crippen LogP contribution in [0.2, 0.25) is 0 Å². The number of hydrogen-bond acceptors (Lipinski definition) is 4. The minimum Gasteiger partial charge on any atom is -0.491 e. The Balaban J connectivity index is 2.13. The Kier molecular flexibility index (Phi) is 4.68. The smallest absolute Gasteiger partial charge is 0.167 e. The maximum absolute atomic E-state index is 13.8. The molecular weight excluding hydrogens is 259 g/mol. The van der Waals surface area contributed by atoms with Crippen molar-refractivity contribution in [3.63, 3.8) is 0 Å². The highest BCUT2D eigenvalue weighted by Crippen LogP contribution is 2.20. The zero-order chi connectivity index (χ0) is 14.5. The molecule has 0 fully saturated rings. The van der Waals surface area contributed by atoms with E-state index < -0.39 is 5.82 Å². The number of ether oxygens (including phenoxy) is 1. The number of benzene rings is 1. The molecule has 0 aliphatic rings. The third-order valence-corrected chi connectivity index (χ3v) is 2.71. The van der Waals surface area contributed by atoms with E-state index in [0.29, 0.717) is 24.9 Å². The van der Waals surface area contributed by atoms with Gasteiger partial charge in [-0.3, -0.25) is 0 Å². The van der Waals surface area contributed by atoms with E-state index in [1.54, 1.807) is 23.0 Å². The van der Waals surface area contributed by atoms with E-state index in [4.69, 9.17) is 4.74 Å². The summed E-state index contributed by atoms with van der Waals surface area (Å²) in [6.07, 6.45) is 1.78. The first kappa shape index (κ1) is 14.5. The summed E-state index contributed by atoms with van der Waals surface area (Å²) in [5.41, 5.74) is 1.43. The van der Waals surface area contributed by atoms with Gasteiger partial charge in [0.15, 0.2) is 11.6 Å². The summed E-state index contributed by atoms with van der Waals surface area (Å²) >= 11 is 0. The lowest BCUT2D eigenvalue weighted by molar-refractivity contribution is 0.321. The van der Waals surface area contributed by atoms with E-state index in [1.807, 2.05) is 6.92 Å². The minimum absolute atomic E-state index is 0.248. The summed E-state index contributed by atoms with van der Waals surface area (Å²) < 4.78 is 20.5. The van der Waals surface area contributed by atoms with Crippen LogP contribution >= 0.6 is 0 Å². The fraction of sp³-hybridized carbons (Fsp3) is 0.429. The molecule has 0 aliphatic carbocycles. The van der Waals surface area contributed by atoms with Gasteiger partial charge in [-0.25, -0.2) is 9.07 Å². The molecule has 6 heteroatoms. The number of nitrogens with zero attached hydrogens (tertiary/aromatic N) is 3. The molecule has 0 bridgehead atoms. The van der Waals surface area contributed by atoms with Crippen LogP contribution in [-0.2, 0) is 6.54 Å².